The molecule has 1 N–H and O–H groups in total. The van der Waals surface area contributed by atoms with Gasteiger partial charge in [-0.2, -0.15) is 0 Å². The van der Waals surface area contributed by atoms with Crippen LogP contribution in [0.2, 0.25) is 0 Å². The third-order valence-electron chi connectivity index (χ3n) is 2.81. The van der Waals surface area contributed by atoms with Gasteiger partial charge in [-0.05, 0) is 31.2 Å². The molecule has 0 aliphatic rings. The van der Waals surface area contributed by atoms with E-state index in [0.717, 1.165) is 11.6 Å². The lowest BCUT2D eigenvalue weighted by Crippen LogP contribution is -2.20. The van der Waals surface area contributed by atoms with Crippen LogP contribution in [-0.2, 0) is 6.42 Å². The maximum Gasteiger partial charge on any atom is 0.194 e. The maximum absolute atomic E-state index is 13.6. The summed E-state index contributed by atoms with van der Waals surface area (Å²) in [6.07, 6.45) is 3.46. The van der Waals surface area contributed by atoms with Crippen molar-refractivity contribution in [1.82, 2.24) is 5.32 Å². The van der Waals surface area contributed by atoms with E-state index in [0.29, 0.717) is 6.42 Å². The largest absolute Gasteiger partial charge is 0.472 e. The molecular weight excluding hydrogens is 243 g/mol. The summed E-state index contributed by atoms with van der Waals surface area (Å²) in [4.78, 5) is 0. The molecule has 1 aromatic carbocycles. The third-order valence-corrected chi connectivity index (χ3v) is 2.81. The lowest BCUT2D eigenvalue weighted by atomic mass is 10.00. The number of furan rings is 1. The van der Waals surface area contributed by atoms with Crippen molar-refractivity contribution in [2.24, 2.45) is 0 Å². The zero-order valence-electron chi connectivity index (χ0n) is 9.71. The van der Waals surface area contributed by atoms with Crippen LogP contribution >= 0.6 is 0 Å². The molecule has 96 valence electrons. The zero-order chi connectivity index (χ0) is 13.1. The minimum Gasteiger partial charge on any atom is -0.472 e. The maximum atomic E-state index is 13.6. The number of rotatable bonds is 4. The molecular formula is C13H12F3NO. The lowest BCUT2D eigenvalue weighted by molar-refractivity contribution is 0.428. The molecule has 18 heavy (non-hydrogen) atoms. The van der Waals surface area contributed by atoms with Crippen molar-refractivity contribution in [1.29, 1.82) is 0 Å². The van der Waals surface area contributed by atoms with Gasteiger partial charge in [0, 0.05) is 11.6 Å². The summed E-state index contributed by atoms with van der Waals surface area (Å²) in [5, 5.41) is 2.87. The normalized spacial score (nSPS) is 12.7. The molecule has 0 saturated carbocycles. The first kappa shape index (κ1) is 12.7. The van der Waals surface area contributed by atoms with E-state index in [2.05, 4.69) is 5.32 Å². The van der Waals surface area contributed by atoms with Crippen LogP contribution in [0.5, 0.6) is 0 Å². The fraction of sp³-hybridized carbons (Fsp3) is 0.231. The minimum atomic E-state index is -1.44. The molecule has 1 aromatic heterocycles. The van der Waals surface area contributed by atoms with Crippen molar-refractivity contribution >= 4 is 0 Å². The number of hydrogen-bond donors (Lipinski definition) is 1. The van der Waals surface area contributed by atoms with Gasteiger partial charge in [0.1, 0.15) is 0 Å². The molecule has 0 amide bonds. The van der Waals surface area contributed by atoms with Gasteiger partial charge >= 0.3 is 0 Å². The van der Waals surface area contributed by atoms with E-state index in [4.69, 9.17) is 4.42 Å². The molecule has 0 fully saturated rings. The van der Waals surface area contributed by atoms with E-state index in [9.17, 15) is 13.2 Å². The van der Waals surface area contributed by atoms with Crippen molar-refractivity contribution in [2.45, 2.75) is 12.5 Å². The Balaban J connectivity index is 2.30. The van der Waals surface area contributed by atoms with Gasteiger partial charge in [-0.25, -0.2) is 13.2 Å². The molecule has 0 saturated heterocycles. The number of halogens is 3. The highest BCUT2D eigenvalue weighted by molar-refractivity contribution is 5.25. The van der Waals surface area contributed by atoms with Crippen molar-refractivity contribution in [3.05, 3.63) is 59.3 Å². The Labute approximate surface area is 102 Å². The molecule has 0 aliphatic heterocycles. The molecule has 0 radical (unpaired) electrons. The Hall–Kier alpha value is -1.75. The van der Waals surface area contributed by atoms with Gasteiger partial charge in [-0.15, -0.1) is 0 Å². The molecule has 0 bridgehead atoms. The van der Waals surface area contributed by atoms with E-state index in [-0.39, 0.29) is 5.56 Å². The topological polar surface area (TPSA) is 25.2 Å². The number of hydrogen-bond acceptors (Lipinski definition) is 2. The Kier molecular flexibility index (Phi) is 3.72. The standard InChI is InChI=1S/C13H12F3NO/c1-17-11(6-8-4-5-18-7-8)9-2-3-10(14)13(16)12(9)15/h2-5,7,11,17H,6H2,1H3. The first-order chi connectivity index (χ1) is 8.63. The van der Waals surface area contributed by atoms with E-state index < -0.39 is 23.5 Å². The first-order valence-corrected chi connectivity index (χ1v) is 5.45. The number of nitrogens with one attached hydrogen (secondary N) is 1. The average molecular weight is 255 g/mol. The predicted molar refractivity (Wildman–Crippen MR) is 60.5 cm³/mol. The summed E-state index contributed by atoms with van der Waals surface area (Å²) in [6.45, 7) is 0. The van der Waals surface area contributed by atoms with Crippen LogP contribution in [0.1, 0.15) is 17.2 Å². The first-order valence-electron chi connectivity index (χ1n) is 5.45. The summed E-state index contributed by atoms with van der Waals surface area (Å²) < 4.78 is 44.6. The summed E-state index contributed by atoms with van der Waals surface area (Å²) >= 11 is 0. The van der Waals surface area contributed by atoms with E-state index in [1.165, 1.54) is 18.6 Å². The molecule has 2 nitrogen and oxygen atoms in total. The van der Waals surface area contributed by atoms with Crippen LogP contribution < -0.4 is 5.32 Å². The predicted octanol–water partition coefficient (Wildman–Crippen LogP) is 3.20. The minimum absolute atomic E-state index is 0.0950. The monoisotopic (exact) mass is 255 g/mol. The summed E-state index contributed by atoms with van der Waals surface area (Å²) in [7, 11) is 1.63. The van der Waals surface area contributed by atoms with Gasteiger partial charge in [-0.3, -0.25) is 0 Å². The fourth-order valence-electron chi connectivity index (χ4n) is 1.82. The van der Waals surface area contributed by atoms with Gasteiger partial charge in [-0.1, -0.05) is 6.07 Å². The second-order valence-corrected chi connectivity index (χ2v) is 3.94. The van der Waals surface area contributed by atoms with Crippen LogP contribution in [0.3, 0.4) is 0 Å². The average Bonchev–Trinajstić information content (AvgIpc) is 2.87. The Bertz CT molecular complexity index is 525. The molecule has 1 unspecified atom stereocenters. The Morgan fingerprint density at radius 3 is 2.56 bits per heavy atom. The van der Waals surface area contributed by atoms with Crippen LogP contribution in [-0.4, -0.2) is 7.05 Å². The lowest BCUT2D eigenvalue weighted by Gasteiger charge is -2.16. The van der Waals surface area contributed by atoms with Crippen LogP contribution in [0.15, 0.2) is 35.1 Å². The SMILES string of the molecule is CNC(Cc1ccoc1)c1ccc(F)c(F)c1F. The Morgan fingerprint density at radius 2 is 1.94 bits per heavy atom. The number of benzene rings is 1. The van der Waals surface area contributed by atoms with Crippen LogP contribution in [0.4, 0.5) is 13.2 Å². The molecule has 2 rings (SSSR count). The molecule has 5 heteroatoms. The zero-order valence-corrected chi connectivity index (χ0v) is 9.71. The molecule has 1 heterocycles. The van der Waals surface area contributed by atoms with Gasteiger partial charge in [0.05, 0.1) is 12.5 Å². The van der Waals surface area contributed by atoms with Gasteiger partial charge in [0.2, 0.25) is 0 Å². The van der Waals surface area contributed by atoms with Crippen LogP contribution in [0, 0.1) is 17.5 Å². The molecule has 2 aromatic rings. The van der Waals surface area contributed by atoms with Crippen molar-refractivity contribution < 1.29 is 17.6 Å². The fourth-order valence-corrected chi connectivity index (χ4v) is 1.82. The highest BCUT2D eigenvalue weighted by atomic mass is 19.2. The Morgan fingerprint density at radius 1 is 1.17 bits per heavy atom. The highest BCUT2D eigenvalue weighted by Gasteiger charge is 2.20. The summed E-state index contributed by atoms with van der Waals surface area (Å²) in [6, 6.07) is 3.46. The highest BCUT2D eigenvalue weighted by Crippen LogP contribution is 2.24. The smallest absolute Gasteiger partial charge is 0.194 e. The van der Waals surface area contributed by atoms with Crippen molar-refractivity contribution in [3.8, 4) is 0 Å². The molecule has 1 atom stereocenters. The van der Waals surface area contributed by atoms with Gasteiger partial charge in [0.15, 0.2) is 17.5 Å². The quantitative estimate of drug-likeness (QED) is 0.849. The third kappa shape index (κ3) is 2.41. The number of likely N-dealkylation sites (N-methyl/N-ethyl adjacent to an activating group) is 1. The van der Waals surface area contributed by atoms with Crippen molar-refractivity contribution in [3.63, 3.8) is 0 Å². The molecule has 0 spiro atoms. The second kappa shape index (κ2) is 5.27. The molecule has 0 aliphatic carbocycles. The van der Waals surface area contributed by atoms with E-state index >= 15 is 0 Å². The summed E-state index contributed by atoms with van der Waals surface area (Å²) in [5.74, 6) is -3.78. The van der Waals surface area contributed by atoms with E-state index in [1.807, 2.05) is 0 Å². The summed E-state index contributed by atoms with van der Waals surface area (Å²) in [5.41, 5.74) is 0.941. The van der Waals surface area contributed by atoms with Crippen LogP contribution in [0.25, 0.3) is 0 Å². The van der Waals surface area contributed by atoms with E-state index in [1.54, 1.807) is 13.1 Å². The van der Waals surface area contributed by atoms with Gasteiger partial charge < -0.3 is 9.73 Å². The second-order valence-electron chi connectivity index (χ2n) is 3.94. The van der Waals surface area contributed by atoms with Crippen molar-refractivity contribution in [2.75, 3.05) is 7.05 Å². The van der Waals surface area contributed by atoms with Gasteiger partial charge in [0.25, 0.3) is 0 Å².